The molecule has 3 aromatic rings. The van der Waals surface area contributed by atoms with Crippen LogP contribution in [0.5, 0.6) is 17.2 Å². The molecule has 5 rings (SSSR count). The summed E-state index contributed by atoms with van der Waals surface area (Å²) in [5.74, 6) is 1.60. The van der Waals surface area contributed by atoms with Crippen LogP contribution in [-0.4, -0.2) is 45.6 Å². The van der Waals surface area contributed by atoms with Crippen molar-refractivity contribution in [3.05, 3.63) is 78.4 Å². The number of ether oxygens (including phenoxy) is 3. The fourth-order valence-electron chi connectivity index (χ4n) is 4.57. The maximum atomic E-state index is 13.4. The predicted molar refractivity (Wildman–Crippen MR) is 132 cm³/mol. The molecule has 0 aromatic heterocycles. The summed E-state index contributed by atoms with van der Waals surface area (Å²) in [5, 5.41) is 0. The van der Waals surface area contributed by atoms with E-state index >= 15 is 0 Å². The van der Waals surface area contributed by atoms with Crippen molar-refractivity contribution in [2.45, 2.75) is 23.3 Å². The molecule has 0 saturated carbocycles. The number of fused-ring (bicyclic) bond motifs is 1. The zero-order valence-corrected chi connectivity index (χ0v) is 20.0. The molecule has 176 valence electrons. The molecule has 3 aromatic carbocycles. The fourth-order valence-corrected chi connectivity index (χ4v) is 6.19. The summed E-state index contributed by atoms with van der Waals surface area (Å²) in [6.07, 6.45) is 5.31. The molecular formula is C27H27NO5S. The highest BCUT2D eigenvalue weighted by Gasteiger charge is 2.41. The highest BCUT2D eigenvalue weighted by molar-refractivity contribution is 7.89. The third-order valence-corrected chi connectivity index (χ3v) is 8.47. The Morgan fingerprint density at radius 1 is 0.882 bits per heavy atom. The topological polar surface area (TPSA) is 65.1 Å². The number of sulfonamides is 1. The van der Waals surface area contributed by atoms with E-state index in [4.69, 9.17) is 14.2 Å². The maximum absolute atomic E-state index is 13.4. The van der Waals surface area contributed by atoms with Gasteiger partial charge in [-0.1, -0.05) is 42.5 Å². The summed E-state index contributed by atoms with van der Waals surface area (Å²) in [6, 6.07) is 21.2. The largest absolute Gasteiger partial charge is 0.497 e. The van der Waals surface area contributed by atoms with Crippen LogP contribution in [0.2, 0.25) is 0 Å². The van der Waals surface area contributed by atoms with Crippen LogP contribution in [0.15, 0.2) is 77.7 Å². The van der Waals surface area contributed by atoms with E-state index < -0.39 is 15.6 Å². The minimum Gasteiger partial charge on any atom is -0.497 e. The van der Waals surface area contributed by atoms with Crippen molar-refractivity contribution in [3.8, 4) is 28.4 Å². The first kappa shape index (κ1) is 22.5. The van der Waals surface area contributed by atoms with Gasteiger partial charge in [-0.25, -0.2) is 8.42 Å². The summed E-state index contributed by atoms with van der Waals surface area (Å²) >= 11 is 0. The average molecular weight is 478 g/mol. The molecule has 1 fully saturated rings. The minimum atomic E-state index is -3.74. The number of nitrogens with zero attached hydrogens (tertiary/aromatic N) is 1. The highest BCUT2D eigenvalue weighted by atomic mass is 32.2. The van der Waals surface area contributed by atoms with E-state index in [1.165, 1.54) is 24.6 Å². The van der Waals surface area contributed by atoms with Crippen molar-refractivity contribution in [1.82, 2.24) is 4.31 Å². The summed E-state index contributed by atoms with van der Waals surface area (Å²) in [4.78, 5) is 0.115. The molecule has 0 radical (unpaired) electrons. The van der Waals surface area contributed by atoms with E-state index in [1.807, 2.05) is 24.3 Å². The predicted octanol–water partition coefficient (Wildman–Crippen LogP) is 5.00. The van der Waals surface area contributed by atoms with Crippen molar-refractivity contribution < 1.29 is 22.6 Å². The third kappa shape index (κ3) is 4.06. The molecule has 2 aliphatic rings. The molecule has 34 heavy (non-hydrogen) atoms. The summed E-state index contributed by atoms with van der Waals surface area (Å²) in [5.41, 5.74) is 2.82. The molecule has 0 atom stereocenters. The number of rotatable bonds is 5. The SMILES string of the molecule is COc1ccc(OC)c(S(=O)(=O)N2CCC3(C=Cc4cc(-c5ccccc5)ccc4O3)CC2)c1. The molecule has 0 amide bonds. The van der Waals surface area contributed by atoms with Crippen molar-refractivity contribution >= 4 is 16.1 Å². The molecule has 0 unspecified atom stereocenters. The number of methoxy groups -OCH3 is 2. The number of hydrogen-bond donors (Lipinski definition) is 0. The van der Waals surface area contributed by atoms with Gasteiger partial charge in [0, 0.05) is 37.6 Å². The van der Waals surface area contributed by atoms with Gasteiger partial charge in [0.1, 0.15) is 27.7 Å². The van der Waals surface area contributed by atoms with Crippen LogP contribution in [0.3, 0.4) is 0 Å². The van der Waals surface area contributed by atoms with Gasteiger partial charge in [-0.3, -0.25) is 0 Å². The molecular weight excluding hydrogens is 450 g/mol. The van der Waals surface area contributed by atoms with Crippen LogP contribution in [0.25, 0.3) is 17.2 Å². The van der Waals surface area contributed by atoms with Gasteiger partial charge in [-0.05, 0) is 41.5 Å². The van der Waals surface area contributed by atoms with Crippen LogP contribution in [0.1, 0.15) is 18.4 Å². The number of hydrogen-bond acceptors (Lipinski definition) is 5. The number of piperidine rings is 1. The number of benzene rings is 3. The second-order valence-corrected chi connectivity index (χ2v) is 10.4. The zero-order valence-electron chi connectivity index (χ0n) is 19.2. The minimum absolute atomic E-state index is 0.115. The van der Waals surface area contributed by atoms with Crippen molar-refractivity contribution in [2.24, 2.45) is 0 Å². The van der Waals surface area contributed by atoms with E-state index in [0.717, 1.165) is 22.4 Å². The maximum Gasteiger partial charge on any atom is 0.246 e. The average Bonchev–Trinajstić information content (AvgIpc) is 2.88. The lowest BCUT2D eigenvalue weighted by molar-refractivity contribution is 0.0620. The molecule has 6 nitrogen and oxygen atoms in total. The lowest BCUT2D eigenvalue weighted by atomic mass is 9.88. The lowest BCUT2D eigenvalue weighted by Crippen LogP contribution is -2.49. The molecule has 0 aliphatic carbocycles. The third-order valence-electron chi connectivity index (χ3n) is 6.55. The smallest absolute Gasteiger partial charge is 0.246 e. The van der Waals surface area contributed by atoms with Gasteiger partial charge in [0.2, 0.25) is 10.0 Å². The van der Waals surface area contributed by atoms with E-state index in [-0.39, 0.29) is 4.90 Å². The van der Waals surface area contributed by atoms with Gasteiger partial charge in [0.15, 0.2) is 0 Å². The first-order valence-electron chi connectivity index (χ1n) is 11.2. The Hall–Kier alpha value is -3.29. The Morgan fingerprint density at radius 2 is 1.65 bits per heavy atom. The second kappa shape index (κ2) is 8.81. The van der Waals surface area contributed by atoms with Crippen LogP contribution < -0.4 is 14.2 Å². The first-order chi connectivity index (χ1) is 16.4. The van der Waals surface area contributed by atoms with Crippen LogP contribution in [0, 0.1) is 0 Å². The van der Waals surface area contributed by atoms with Crippen molar-refractivity contribution in [2.75, 3.05) is 27.3 Å². The molecule has 7 heteroatoms. The van der Waals surface area contributed by atoms with Gasteiger partial charge in [-0.15, -0.1) is 0 Å². The quantitative estimate of drug-likeness (QED) is 0.517. The van der Waals surface area contributed by atoms with E-state index in [0.29, 0.717) is 37.4 Å². The normalized spacial score (nSPS) is 17.1. The first-order valence-corrected chi connectivity index (χ1v) is 12.7. The lowest BCUT2D eigenvalue weighted by Gasteiger charge is -2.41. The van der Waals surface area contributed by atoms with Gasteiger partial charge < -0.3 is 14.2 Å². The zero-order chi connectivity index (χ0) is 23.8. The van der Waals surface area contributed by atoms with Gasteiger partial charge in [-0.2, -0.15) is 4.31 Å². The van der Waals surface area contributed by atoms with Gasteiger partial charge in [0.25, 0.3) is 0 Å². The van der Waals surface area contributed by atoms with Gasteiger partial charge in [0.05, 0.1) is 14.2 Å². The van der Waals surface area contributed by atoms with Crippen molar-refractivity contribution in [1.29, 1.82) is 0 Å². The molecule has 2 aliphatic heterocycles. The molecule has 0 bridgehead atoms. The summed E-state index contributed by atoms with van der Waals surface area (Å²) in [7, 11) is -0.765. The monoisotopic (exact) mass is 477 g/mol. The molecule has 0 N–H and O–H groups in total. The molecule has 2 heterocycles. The standard InChI is InChI=1S/C27H27NO5S/c1-31-23-9-11-25(32-2)26(19-23)34(29,30)28-16-14-27(15-17-28)13-12-22-18-21(8-10-24(22)33-27)20-6-4-3-5-7-20/h3-13,18-19H,14-17H2,1-2H3. The van der Waals surface area contributed by atoms with Crippen molar-refractivity contribution in [3.63, 3.8) is 0 Å². The Morgan fingerprint density at radius 3 is 2.35 bits per heavy atom. The highest BCUT2D eigenvalue weighted by Crippen LogP contribution is 2.40. The van der Waals surface area contributed by atoms with Crippen LogP contribution in [-0.2, 0) is 10.0 Å². The molecule has 1 saturated heterocycles. The fraction of sp³-hybridized carbons (Fsp3) is 0.259. The van der Waals surface area contributed by atoms with Crippen LogP contribution in [0.4, 0.5) is 0 Å². The second-order valence-electron chi connectivity index (χ2n) is 8.54. The Balaban J connectivity index is 1.34. The molecule has 1 spiro atoms. The van der Waals surface area contributed by atoms with Crippen LogP contribution >= 0.6 is 0 Å². The van der Waals surface area contributed by atoms with E-state index in [2.05, 4.69) is 36.4 Å². The van der Waals surface area contributed by atoms with E-state index in [1.54, 1.807) is 12.1 Å². The Bertz CT molecular complexity index is 1330. The summed E-state index contributed by atoms with van der Waals surface area (Å²) < 4.78 is 45.3. The van der Waals surface area contributed by atoms with Gasteiger partial charge >= 0.3 is 0 Å². The Labute approximate surface area is 200 Å². The Kier molecular flexibility index (Phi) is 5.83. The van der Waals surface area contributed by atoms with E-state index in [9.17, 15) is 8.42 Å². The summed E-state index contributed by atoms with van der Waals surface area (Å²) in [6.45, 7) is 0.703.